The molecule has 0 spiro atoms. The van der Waals surface area contributed by atoms with Crippen LogP contribution < -0.4 is 10.6 Å². The molecule has 6 nitrogen and oxygen atoms in total. The third-order valence-electron chi connectivity index (χ3n) is 3.29. The van der Waals surface area contributed by atoms with Crippen molar-refractivity contribution in [2.45, 2.75) is 13.1 Å². The first-order valence-electron chi connectivity index (χ1n) is 7.55. The number of halogens is 3. The molecule has 2 rings (SSSR count). The molecule has 0 bridgehead atoms. The van der Waals surface area contributed by atoms with Crippen LogP contribution in [0.5, 0.6) is 0 Å². The number of aromatic nitrogens is 2. The van der Waals surface area contributed by atoms with Crippen LogP contribution in [0.25, 0.3) is 5.69 Å². The van der Waals surface area contributed by atoms with E-state index in [1.54, 1.807) is 20.1 Å². The van der Waals surface area contributed by atoms with Crippen LogP contribution in [-0.2, 0) is 15.7 Å². The number of hydrogen-bond acceptors (Lipinski definition) is 4. The Hall–Kier alpha value is -2.39. The van der Waals surface area contributed by atoms with Gasteiger partial charge in [0.2, 0.25) is 5.91 Å². The number of nitrogens with zero attached hydrogens (tertiary/aromatic N) is 2. The van der Waals surface area contributed by atoms with Crippen LogP contribution in [0, 0.1) is 6.92 Å². The Morgan fingerprint density at radius 2 is 2.08 bits per heavy atom. The Bertz CT molecular complexity index is 728. The number of rotatable bonds is 7. The van der Waals surface area contributed by atoms with E-state index in [-0.39, 0.29) is 18.1 Å². The van der Waals surface area contributed by atoms with E-state index >= 15 is 0 Å². The highest BCUT2D eigenvalue weighted by molar-refractivity contribution is 5.91. The first-order valence-corrected chi connectivity index (χ1v) is 7.55. The number of nitrogens with one attached hydrogen (secondary N) is 2. The zero-order valence-corrected chi connectivity index (χ0v) is 13.9. The molecule has 0 aliphatic rings. The first-order chi connectivity index (χ1) is 11.8. The molecule has 1 aromatic heterocycles. The second kappa shape index (κ2) is 8.13. The van der Waals surface area contributed by atoms with Gasteiger partial charge in [-0.1, -0.05) is 6.07 Å². The highest BCUT2D eigenvalue weighted by Gasteiger charge is 2.30. The third-order valence-corrected chi connectivity index (χ3v) is 3.29. The number of ether oxygens (including phenoxy) is 1. The number of methoxy groups -OCH3 is 1. The number of amides is 1. The Morgan fingerprint density at radius 3 is 2.76 bits per heavy atom. The van der Waals surface area contributed by atoms with E-state index in [2.05, 4.69) is 15.7 Å². The Balaban J connectivity index is 2.17. The molecule has 0 radical (unpaired) electrons. The molecule has 1 aromatic carbocycles. The van der Waals surface area contributed by atoms with Crippen LogP contribution in [0.3, 0.4) is 0 Å². The normalized spacial score (nSPS) is 11.6. The maximum absolute atomic E-state index is 12.9. The lowest BCUT2D eigenvalue weighted by Gasteiger charge is -2.12. The second-order valence-electron chi connectivity index (χ2n) is 5.35. The minimum Gasteiger partial charge on any atom is -0.383 e. The van der Waals surface area contributed by atoms with E-state index in [0.717, 1.165) is 12.1 Å². The Labute approximate surface area is 143 Å². The molecule has 136 valence electrons. The fraction of sp³-hybridized carbons (Fsp3) is 0.375. The molecule has 25 heavy (non-hydrogen) atoms. The van der Waals surface area contributed by atoms with Gasteiger partial charge in [0.15, 0.2) is 0 Å². The highest BCUT2D eigenvalue weighted by atomic mass is 19.4. The van der Waals surface area contributed by atoms with Crippen molar-refractivity contribution in [3.63, 3.8) is 0 Å². The van der Waals surface area contributed by atoms with Gasteiger partial charge in [-0.2, -0.15) is 18.3 Å². The number of benzene rings is 1. The Morgan fingerprint density at radius 1 is 1.32 bits per heavy atom. The minimum atomic E-state index is -4.45. The van der Waals surface area contributed by atoms with Crippen molar-refractivity contribution in [3.8, 4) is 5.69 Å². The van der Waals surface area contributed by atoms with Crippen molar-refractivity contribution in [3.05, 3.63) is 41.6 Å². The summed E-state index contributed by atoms with van der Waals surface area (Å²) in [6.45, 7) is 2.72. The SMILES string of the molecule is COCCNCC(=O)Nc1cc(C)nn1-c1cccc(C(F)(F)F)c1. The van der Waals surface area contributed by atoms with Gasteiger partial charge in [-0.05, 0) is 25.1 Å². The van der Waals surface area contributed by atoms with Gasteiger partial charge in [-0.25, -0.2) is 4.68 Å². The van der Waals surface area contributed by atoms with E-state index in [4.69, 9.17) is 4.74 Å². The second-order valence-corrected chi connectivity index (χ2v) is 5.35. The average molecular weight is 356 g/mol. The molecule has 0 aliphatic carbocycles. The smallest absolute Gasteiger partial charge is 0.383 e. The van der Waals surface area contributed by atoms with Crippen molar-refractivity contribution in [2.75, 3.05) is 32.1 Å². The lowest BCUT2D eigenvalue weighted by Crippen LogP contribution is -2.30. The first kappa shape index (κ1) is 18.9. The number of aryl methyl sites for hydroxylation is 1. The van der Waals surface area contributed by atoms with E-state index in [0.29, 0.717) is 24.7 Å². The predicted molar refractivity (Wildman–Crippen MR) is 86.7 cm³/mol. The molecule has 0 atom stereocenters. The van der Waals surface area contributed by atoms with Gasteiger partial charge in [-0.3, -0.25) is 4.79 Å². The summed E-state index contributed by atoms with van der Waals surface area (Å²) in [7, 11) is 1.55. The van der Waals surface area contributed by atoms with E-state index in [9.17, 15) is 18.0 Å². The summed E-state index contributed by atoms with van der Waals surface area (Å²) < 4.78 is 44.8. The summed E-state index contributed by atoms with van der Waals surface area (Å²) in [6, 6.07) is 6.35. The van der Waals surface area contributed by atoms with Gasteiger partial charge in [-0.15, -0.1) is 0 Å². The van der Waals surface area contributed by atoms with Crippen LogP contribution in [0.4, 0.5) is 19.0 Å². The zero-order chi connectivity index (χ0) is 18.4. The molecule has 9 heteroatoms. The summed E-state index contributed by atoms with van der Waals surface area (Å²) in [5.41, 5.74) is 0.00211. The standard InChI is InChI=1S/C16H19F3N4O2/c1-11-8-14(21-15(24)10-20-6-7-25-2)23(22-11)13-5-3-4-12(9-13)16(17,18)19/h3-5,8-9,20H,6-7,10H2,1-2H3,(H,21,24). The molecule has 0 saturated carbocycles. The fourth-order valence-corrected chi connectivity index (χ4v) is 2.16. The summed E-state index contributed by atoms with van der Waals surface area (Å²) in [4.78, 5) is 12.0. The molecule has 2 N–H and O–H groups in total. The molecule has 1 amide bonds. The van der Waals surface area contributed by atoms with Crippen LogP contribution in [0.15, 0.2) is 30.3 Å². The maximum atomic E-state index is 12.9. The summed E-state index contributed by atoms with van der Waals surface area (Å²) in [5, 5.41) is 9.69. The summed E-state index contributed by atoms with van der Waals surface area (Å²) in [5.74, 6) is -0.0282. The Kier molecular flexibility index (Phi) is 6.16. The van der Waals surface area contributed by atoms with E-state index < -0.39 is 11.7 Å². The molecule has 0 fully saturated rings. The molecule has 0 unspecified atom stereocenters. The van der Waals surface area contributed by atoms with Gasteiger partial charge >= 0.3 is 6.18 Å². The molecule has 1 heterocycles. The van der Waals surface area contributed by atoms with Gasteiger partial charge in [0, 0.05) is 19.7 Å². The largest absolute Gasteiger partial charge is 0.416 e. The lowest BCUT2D eigenvalue weighted by atomic mass is 10.2. The van der Waals surface area contributed by atoms with Crippen LogP contribution >= 0.6 is 0 Å². The number of carbonyl (C=O) groups is 1. The molecule has 2 aromatic rings. The van der Waals surface area contributed by atoms with Crippen molar-refractivity contribution < 1.29 is 22.7 Å². The zero-order valence-electron chi connectivity index (χ0n) is 13.9. The molecular weight excluding hydrogens is 337 g/mol. The fourth-order valence-electron chi connectivity index (χ4n) is 2.16. The van der Waals surface area contributed by atoms with Crippen molar-refractivity contribution in [1.82, 2.24) is 15.1 Å². The summed E-state index contributed by atoms with van der Waals surface area (Å²) >= 11 is 0. The van der Waals surface area contributed by atoms with Crippen molar-refractivity contribution in [2.24, 2.45) is 0 Å². The third kappa shape index (κ3) is 5.30. The number of hydrogen-bond donors (Lipinski definition) is 2. The highest BCUT2D eigenvalue weighted by Crippen LogP contribution is 2.30. The van der Waals surface area contributed by atoms with Crippen LogP contribution in [-0.4, -0.2) is 42.5 Å². The minimum absolute atomic E-state index is 0.0518. The van der Waals surface area contributed by atoms with E-state index in [1.807, 2.05) is 0 Å². The van der Waals surface area contributed by atoms with Crippen LogP contribution in [0.1, 0.15) is 11.3 Å². The lowest BCUT2D eigenvalue weighted by molar-refractivity contribution is -0.137. The van der Waals surface area contributed by atoms with E-state index in [1.165, 1.54) is 16.8 Å². The maximum Gasteiger partial charge on any atom is 0.416 e. The number of carbonyl (C=O) groups excluding carboxylic acids is 1. The monoisotopic (exact) mass is 356 g/mol. The topological polar surface area (TPSA) is 68.2 Å². The van der Waals surface area contributed by atoms with Crippen molar-refractivity contribution in [1.29, 1.82) is 0 Å². The van der Waals surface area contributed by atoms with Gasteiger partial charge in [0.25, 0.3) is 0 Å². The number of anilines is 1. The van der Waals surface area contributed by atoms with Gasteiger partial charge in [0.1, 0.15) is 5.82 Å². The summed E-state index contributed by atoms with van der Waals surface area (Å²) in [6.07, 6.45) is -4.45. The van der Waals surface area contributed by atoms with Crippen molar-refractivity contribution >= 4 is 11.7 Å². The average Bonchev–Trinajstić information content (AvgIpc) is 2.91. The molecule has 0 aliphatic heterocycles. The molecular formula is C16H19F3N4O2. The predicted octanol–water partition coefficient (Wildman–Crippen LogP) is 2.37. The number of alkyl halides is 3. The van der Waals surface area contributed by atoms with Crippen LogP contribution in [0.2, 0.25) is 0 Å². The van der Waals surface area contributed by atoms with Gasteiger partial charge in [0.05, 0.1) is 30.1 Å². The van der Waals surface area contributed by atoms with Gasteiger partial charge < -0.3 is 15.4 Å². The molecule has 0 saturated heterocycles. The quantitative estimate of drug-likeness (QED) is 0.748.